The number of anilines is 1. The molecule has 2 aromatic rings. The maximum absolute atomic E-state index is 5.76. The van der Waals surface area contributed by atoms with Crippen LogP contribution in [0.3, 0.4) is 0 Å². The van der Waals surface area contributed by atoms with E-state index in [1.54, 1.807) is 11.3 Å². The lowest BCUT2D eigenvalue weighted by Gasteiger charge is -2.19. The van der Waals surface area contributed by atoms with Gasteiger partial charge in [-0.2, -0.15) is 0 Å². The summed E-state index contributed by atoms with van der Waals surface area (Å²) >= 11 is 7.47. The Balaban J connectivity index is 1.82. The lowest BCUT2D eigenvalue weighted by Crippen LogP contribution is -2.18. The van der Waals surface area contributed by atoms with Crippen molar-refractivity contribution in [3.63, 3.8) is 0 Å². The molecule has 0 unspecified atom stereocenters. The van der Waals surface area contributed by atoms with E-state index < -0.39 is 0 Å². The molecular weight excluding hydrogens is 276 g/mol. The molecule has 2 rings (SSSR count). The minimum atomic E-state index is 0.514. The minimum Gasteiger partial charge on any atom is -0.375 e. The van der Waals surface area contributed by atoms with Crippen molar-refractivity contribution in [3.8, 4) is 0 Å². The molecule has 0 radical (unpaired) electrons. The molecule has 0 spiro atoms. The molecule has 1 aromatic carbocycles. The molecule has 0 aliphatic rings. The number of thiazole rings is 1. The molecule has 0 aliphatic heterocycles. The van der Waals surface area contributed by atoms with Gasteiger partial charge in [0.1, 0.15) is 0 Å². The molecule has 0 amide bonds. The number of hydrogen-bond acceptors (Lipinski definition) is 3. The first-order valence-electron chi connectivity index (χ1n) is 6.46. The van der Waals surface area contributed by atoms with E-state index in [9.17, 15) is 0 Å². The summed E-state index contributed by atoms with van der Waals surface area (Å²) < 4.78 is 0. The van der Waals surface area contributed by atoms with E-state index >= 15 is 0 Å². The maximum atomic E-state index is 5.76. The predicted octanol–water partition coefficient (Wildman–Crippen LogP) is 4.26. The van der Waals surface area contributed by atoms with Crippen LogP contribution in [0.15, 0.2) is 29.6 Å². The highest BCUT2D eigenvalue weighted by Gasteiger charge is 2.04. The van der Waals surface area contributed by atoms with Crippen molar-refractivity contribution in [2.45, 2.75) is 25.6 Å². The number of halogens is 1. The first kappa shape index (κ1) is 14.4. The Morgan fingerprint density at radius 2 is 2.21 bits per heavy atom. The van der Waals surface area contributed by atoms with Gasteiger partial charge in [0.05, 0.1) is 16.6 Å². The Morgan fingerprint density at radius 3 is 2.89 bits per heavy atom. The summed E-state index contributed by atoms with van der Waals surface area (Å²) in [5.74, 6) is 0.514. The van der Waals surface area contributed by atoms with Crippen LogP contribution >= 0.6 is 22.9 Å². The lowest BCUT2D eigenvalue weighted by atomic mass is 10.2. The molecule has 1 aromatic heterocycles. The highest BCUT2D eigenvalue weighted by molar-refractivity contribution is 7.09. The van der Waals surface area contributed by atoms with Crippen LogP contribution in [-0.4, -0.2) is 18.6 Å². The van der Waals surface area contributed by atoms with Gasteiger partial charge in [-0.25, -0.2) is 4.98 Å². The van der Waals surface area contributed by atoms with Crippen LogP contribution in [0.2, 0.25) is 0 Å². The van der Waals surface area contributed by atoms with Crippen molar-refractivity contribution in [1.82, 2.24) is 4.98 Å². The van der Waals surface area contributed by atoms with Gasteiger partial charge in [-0.05, 0) is 31.0 Å². The molecule has 0 N–H and O–H groups in total. The molecule has 1 heterocycles. The van der Waals surface area contributed by atoms with E-state index in [0.717, 1.165) is 25.1 Å². The second-order valence-electron chi connectivity index (χ2n) is 4.73. The standard InChI is InChI=1S/C15H19ClN2S/c1-12-5-3-6-14(9-12)18(2)8-4-7-15-17-13(10-16)11-19-15/h3,5-6,9,11H,4,7-8,10H2,1-2H3. The molecule has 4 heteroatoms. The average molecular weight is 295 g/mol. The van der Waals surface area contributed by atoms with Crippen molar-refractivity contribution in [2.75, 3.05) is 18.5 Å². The fraction of sp³-hybridized carbons (Fsp3) is 0.400. The third kappa shape index (κ3) is 4.22. The number of alkyl halides is 1. The molecule has 0 saturated carbocycles. The third-order valence-corrected chi connectivity index (χ3v) is 4.29. The summed E-state index contributed by atoms with van der Waals surface area (Å²) in [6, 6.07) is 8.60. The fourth-order valence-electron chi connectivity index (χ4n) is 1.99. The fourth-order valence-corrected chi connectivity index (χ4v) is 3.06. The first-order valence-corrected chi connectivity index (χ1v) is 7.87. The largest absolute Gasteiger partial charge is 0.375 e. The molecule has 0 aliphatic carbocycles. The van der Waals surface area contributed by atoms with Gasteiger partial charge < -0.3 is 4.90 Å². The number of aromatic nitrogens is 1. The summed E-state index contributed by atoms with van der Waals surface area (Å²) in [7, 11) is 2.14. The summed E-state index contributed by atoms with van der Waals surface area (Å²) in [6.07, 6.45) is 2.14. The van der Waals surface area contributed by atoms with Crippen LogP contribution in [0.25, 0.3) is 0 Å². The van der Waals surface area contributed by atoms with Crippen LogP contribution < -0.4 is 4.90 Å². The Morgan fingerprint density at radius 1 is 1.37 bits per heavy atom. The van der Waals surface area contributed by atoms with Gasteiger partial charge in [-0.3, -0.25) is 0 Å². The molecule has 2 nitrogen and oxygen atoms in total. The molecular formula is C15H19ClN2S. The summed E-state index contributed by atoms with van der Waals surface area (Å²) in [5.41, 5.74) is 3.57. The van der Waals surface area contributed by atoms with Crippen molar-refractivity contribution in [3.05, 3.63) is 45.9 Å². The van der Waals surface area contributed by atoms with Crippen molar-refractivity contribution < 1.29 is 0 Å². The van der Waals surface area contributed by atoms with Gasteiger partial charge in [-0.1, -0.05) is 12.1 Å². The van der Waals surface area contributed by atoms with Crippen LogP contribution in [0.5, 0.6) is 0 Å². The highest BCUT2D eigenvalue weighted by atomic mass is 35.5. The zero-order valence-corrected chi connectivity index (χ0v) is 13.0. The van der Waals surface area contributed by atoms with E-state index in [0.29, 0.717) is 5.88 Å². The Hall–Kier alpha value is -1.06. The first-order chi connectivity index (χ1) is 9.19. The zero-order chi connectivity index (χ0) is 13.7. The number of benzene rings is 1. The maximum Gasteiger partial charge on any atom is 0.0929 e. The highest BCUT2D eigenvalue weighted by Crippen LogP contribution is 2.16. The van der Waals surface area contributed by atoms with E-state index in [1.807, 2.05) is 5.38 Å². The Labute approximate surface area is 124 Å². The van der Waals surface area contributed by atoms with Crippen LogP contribution in [0.4, 0.5) is 5.69 Å². The third-order valence-electron chi connectivity index (χ3n) is 3.06. The number of rotatable bonds is 6. The summed E-state index contributed by atoms with van der Waals surface area (Å²) in [6.45, 7) is 3.17. The van der Waals surface area contributed by atoms with E-state index in [2.05, 4.69) is 48.1 Å². The Kier molecular flexibility index (Phi) is 5.23. The molecule has 19 heavy (non-hydrogen) atoms. The molecule has 102 valence electrons. The summed E-state index contributed by atoms with van der Waals surface area (Å²) in [4.78, 5) is 6.78. The van der Waals surface area contributed by atoms with E-state index in [-0.39, 0.29) is 0 Å². The van der Waals surface area contributed by atoms with Gasteiger partial charge in [-0.15, -0.1) is 22.9 Å². The minimum absolute atomic E-state index is 0.514. The van der Waals surface area contributed by atoms with Crippen molar-refractivity contribution in [2.24, 2.45) is 0 Å². The van der Waals surface area contributed by atoms with Crippen LogP contribution in [0.1, 0.15) is 22.7 Å². The predicted molar refractivity (Wildman–Crippen MR) is 84.4 cm³/mol. The van der Waals surface area contributed by atoms with Crippen LogP contribution in [0, 0.1) is 6.92 Å². The normalized spacial score (nSPS) is 10.7. The SMILES string of the molecule is Cc1cccc(N(C)CCCc2nc(CCl)cs2)c1. The molecule has 0 saturated heterocycles. The van der Waals surface area contributed by atoms with E-state index in [4.69, 9.17) is 11.6 Å². The van der Waals surface area contributed by atoms with E-state index in [1.165, 1.54) is 16.3 Å². The van der Waals surface area contributed by atoms with Gasteiger partial charge in [0, 0.05) is 31.1 Å². The molecule has 0 atom stereocenters. The van der Waals surface area contributed by atoms with Gasteiger partial charge in [0.2, 0.25) is 0 Å². The number of aryl methyl sites for hydroxylation is 2. The summed E-state index contributed by atoms with van der Waals surface area (Å²) in [5, 5.41) is 3.24. The smallest absolute Gasteiger partial charge is 0.0929 e. The molecule has 0 bridgehead atoms. The van der Waals surface area contributed by atoms with Gasteiger partial charge in [0.25, 0.3) is 0 Å². The average Bonchev–Trinajstić information content (AvgIpc) is 2.86. The van der Waals surface area contributed by atoms with Gasteiger partial charge in [0.15, 0.2) is 0 Å². The van der Waals surface area contributed by atoms with Gasteiger partial charge >= 0.3 is 0 Å². The topological polar surface area (TPSA) is 16.1 Å². The van der Waals surface area contributed by atoms with Crippen molar-refractivity contribution >= 4 is 28.6 Å². The quantitative estimate of drug-likeness (QED) is 0.740. The zero-order valence-electron chi connectivity index (χ0n) is 11.4. The monoisotopic (exact) mass is 294 g/mol. The van der Waals surface area contributed by atoms with Crippen molar-refractivity contribution in [1.29, 1.82) is 0 Å². The number of hydrogen-bond donors (Lipinski definition) is 0. The van der Waals surface area contributed by atoms with Crippen LogP contribution in [-0.2, 0) is 12.3 Å². The Bertz CT molecular complexity index is 524. The molecule has 0 fully saturated rings. The second-order valence-corrected chi connectivity index (χ2v) is 5.94. The number of nitrogens with zero attached hydrogens (tertiary/aromatic N) is 2. The lowest BCUT2D eigenvalue weighted by molar-refractivity contribution is 0.780. The second kappa shape index (κ2) is 6.92.